The van der Waals surface area contributed by atoms with E-state index in [4.69, 9.17) is 4.74 Å². The third kappa shape index (κ3) is 4.05. The van der Waals surface area contributed by atoms with Crippen molar-refractivity contribution in [2.24, 2.45) is 46.8 Å². The Hall–Kier alpha value is -1.09. The van der Waals surface area contributed by atoms with Crippen LogP contribution < -0.4 is 0 Å². The first-order chi connectivity index (χ1) is 14.6. The quantitative estimate of drug-likeness (QED) is 0.521. The van der Waals surface area contributed by atoms with Crippen LogP contribution in [0.3, 0.4) is 0 Å². The molecule has 0 amide bonds. The molecular formula is C28H44O3. The minimum atomic E-state index is -0.283. The first-order valence-corrected chi connectivity index (χ1v) is 12.9. The lowest BCUT2D eigenvalue weighted by Gasteiger charge is -2.54. The van der Waals surface area contributed by atoms with Gasteiger partial charge < -0.3 is 9.84 Å². The van der Waals surface area contributed by atoms with Gasteiger partial charge in [0, 0.05) is 5.92 Å². The minimum absolute atomic E-state index is 0.112. The van der Waals surface area contributed by atoms with Crippen LogP contribution in [0.15, 0.2) is 23.3 Å². The highest BCUT2D eigenvalue weighted by Gasteiger charge is 2.59. The molecule has 9 atom stereocenters. The number of ether oxygens (including phenoxy) is 1. The van der Waals surface area contributed by atoms with Gasteiger partial charge in [0.25, 0.3) is 0 Å². The highest BCUT2D eigenvalue weighted by molar-refractivity contribution is 5.73. The van der Waals surface area contributed by atoms with E-state index in [-0.39, 0.29) is 29.5 Å². The number of hydrogen-bond donors (Lipinski definition) is 1. The molecule has 4 aliphatic rings. The molecule has 0 saturated heterocycles. The van der Waals surface area contributed by atoms with E-state index < -0.39 is 0 Å². The van der Waals surface area contributed by atoms with Gasteiger partial charge in [-0.05, 0) is 79.1 Å². The fraction of sp³-hybridized carbons (Fsp3) is 0.821. The van der Waals surface area contributed by atoms with Crippen molar-refractivity contribution in [2.75, 3.05) is 0 Å². The summed E-state index contributed by atoms with van der Waals surface area (Å²) in [5.41, 5.74) is 2.62. The summed E-state index contributed by atoms with van der Waals surface area (Å²) in [5, 5.41) is 11.4. The van der Waals surface area contributed by atoms with Crippen molar-refractivity contribution >= 4 is 5.97 Å². The Balaban J connectivity index is 1.56. The van der Waals surface area contributed by atoms with Crippen LogP contribution in [0, 0.1) is 46.8 Å². The summed E-state index contributed by atoms with van der Waals surface area (Å²) in [4.78, 5) is 12.1. The van der Waals surface area contributed by atoms with Gasteiger partial charge in [-0.1, -0.05) is 65.2 Å². The molecule has 174 valence electrons. The average molecular weight is 429 g/mol. The maximum atomic E-state index is 12.1. The second kappa shape index (κ2) is 8.69. The molecule has 3 heteroatoms. The van der Waals surface area contributed by atoms with Crippen molar-refractivity contribution in [3.05, 3.63) is 23.3 Å². The molecule has 0 spiro atoms. The van der Waals surface area contributed by atoms with Crippen molar-refractivity contribution in [1.82, 2.24) is 0 Å². The SMILES string of the molecule is CC1=C2C=CCC(=O)O[C@@H]2C[C@@H]2[C@H]1[C@H](O)C[C@]1(C)[C@@H]([C@H](C)CC[C@H](C)C(C)C)CC[C@@H]21. The number of rotatable bonds is 5. The fourth-order valence-corrected chi connectivity index (χ4v) is 7.99. The van der Waals surface area contributed by atoms with Crippen LogP contribution in [0.4, 0.5) is 0 Å². The van der Waals surface area contributed by atoms with Gasteiger partial charge >= 0.3 is 5.97 Å². The van der Waals surface area contributed by atoms with Gasteiger partial charge in [-0.25, -0.2) is 0 Å². The summed E-state index contributed by atoms with van der Waals surface area (Å²) in [7, 11) is 0. The molecule has 0 unspecified atom stereocenters. The lowest BCUT2D eigenvalue weighted by atomic mass is 9.52. The Morgan fingerprint density at radius 1 is 1.19 bits per heavy atom. The van der Waals surface area contributed by atoms with E-state index in [2.05, 4.69) is 47.6 Å². The van der Waals surface area contributed by atoms with E-state index in [1.807, 2.05) is 6.08 Å². The number of esters is 1. The molecule has 1 aliphatic heterocycles. The smallest absolute Gasteiger partial charge is 0.310 e. The van der Waals surface area contributed by atoms with Gasteiger partial charge in [0.2, 0.25) is 0 Å². The minimum Gasteiger partial charge on any atom is -0.457 e. The van der Waals surface area contributed by atoms with Crippen molar-refractivity contribution in [3.63, 3.8) is 0 Å². The molecule has 0 aromatic carbocycles. The molecule has 3 aliphatic carbocycles. The normalized spacial score (nSPS) is 41.9. The number of carbonyl (C=O) groups is 1. The van der Waals surface area contributed by atoms with Gasteiger partial charge in [-0.2, -0.15) is 0 Å². The van der Waals surface area contributed by atoms with Crippen LogP contribution in [-0.2, 0) is 9.53 Å². The Labute approximate surface area is 189 Å². The number of hydrogen-bond acceptors (Lipinski definition) is 3. The Kier molecular flexibility index (Phi) is 6.47. The number of carbonyl (C=O) groups excluding carboxylic acids is 1. The second-order valence-electron chi connectivity index (χ2n) is 12.0. The summed E-state index contributed by atoms with van der Waals surface area (Å²) >= 11 is 0. The number of aliphatic hydroxyl groups excluding tert-OH is 1. The molecule has 0 aromatic rings. The largest absolute Gasteiger partial charge is 0.457 e. The van der Waals surface area contributed by atoms with Gasteiger partial charge in [0.05, 0.1) is 12.5 Å². The molecular weight excluding hydrogens is 384 g/mol. The van der Waals surface area contributed by atoms with Crippen LogP contribution >= 0.6 is 0 Å². The van der Waals surface area contributed by atoms with E-state index in [9.17, 15) is 9.90 Å². The Bertz CT molecular complexity index is 749. The fourth-order valence-electron chi connectivity index (χ4n) is 7.99. The van der Waals surface area contributed by atoms with Crippen LogP contribution in [0.5, 0.6) is 0 Å². The first-order valence-electron chi connectivity index (χ1n) is 12.9. The topological polar surface area (TPSA) is 46.5 Å². The molecule has 1 N–H and O–H groups in total. The summed E-state index contributed by atoms with van der Waals surface area (Å²) in [6, 6.07) is 0. The third-order valence-electron chi connectivity index (χ3n) is 10.1. The number of fused-ring (bicyclic) bond motifs is 4. The van der Waals surface area contributed by atoms with Crippen molar-refractivity contribution in [1.29, 1.82) is 0 Å². The predicted molar refractivity (Wildman–Crippen MR) is 125 cm³/mol. The van der Waals surface area contributed by atoms with Crippen LogP contribution in [-0.4, -0.2) is 23.3 Å². The van der Waals surface area contributed by atoms with Gasteiger partial charge in [0.15, 0.2) is 0 Å². The van der Waals surface area contributed by atoms with E-state index in [0.29, 0.717) is 30.1 Å². The molecule has 0 bridgehead atoms. The Morgan fingerprint density at radius 3 is 2.65 bits per heavy atom. The zero-order valence-electron chi connectivity index (χ0n) is 20.6. The standard InChI is InChI=1S/C28H44O3/c1-16(2)17(3)10-11-18(4)22-12-13-23-21-14-25-20(8-7-9-26(30)31-25)19(5)27(21)24(29)15-28(22,23)6/h7-8,16-18,21-25,27,29H,9-15H2,1-6H3/t17-,18+,21-,22+,23-,24+,25+,27-,28+/m0/s1. The summed E-state index contributed by atoms with van der Waals surface area (Å²) in [6.45, 7) is 14.2. The van der Waals surface area contributed by atoms with Crippen molar-refractivity contribution in [3.8, 4) is 0 Å². The molecule has 1 heterocycles. The maximum Gasteiger partial charge on any atom is 0.310 e. The molecule has 2 saturated carbocycles. The molecule has 4 rings (SSSR count). The summed E-state index contributed by atoms with van der Waals surface area (Å²) in [6.07, 6.45) is 10.9. The Morgan fingerprint density at radius 2 is 1.94 bits per heavy atom. The van der Waals surface area contributed by atoms with Crippen LogP contribution in [0.1, 0.15) is 86.5 Å². The first kappa shape index (κ1) is 23.1. The van der Waals surface area contributed by atoms with Crippen molar-refractivity contribution < 1.29 is 14.6 Å². The van der Waals surface area contributed by atoms with E-state index in [0.717, 1.165) is 30.3 Å². The predicted octanol–water partition coefficient (Wildman–Crippen LogP) is 6.32. The highest BCUT2D eigenvalue weighted by Crippen LogP contribution is 2.64. The number of aliphatic hydroxyl groups is 1. The third-order valence-corrected chi connectivity index (χ3v) is 10.1. The summed E-state index contributed by atoms with van der Waals surface area (Å²) in [5.74, 6) is 4.07. The maximum absolute atomic E-state index is 12.1. The second-order valence-corrected chi connectivity index (χ2v) is 12.0. The molecule has 3 nitrogen and oxygen atoms in total. The highest BCUT2D eigenvalue weighted by atomic mass is 16.5. The summed E-state index contributed by atoms with van der Waals surface area (Å²) < 4.78 is 5.87. The van der Waals surface area contributed by atoms with Crippen LogP contribution in [0.2, 0.25) is 0 Å². The zero-order chi connectivity index (χ0) is 22.5. The average Bonchev–Trinajstić information content (AvgIpc) is 2.92. The van der Waals surface area contributed by atoms with E-state index >= 15 is 0 Å². The van der Waals surface area contributed by atoms with Crippen LogP contribution in [0.25, 0.3) is 0 Å². The van der Waals surface area contributed by atoms with Crippen molar-refractivity contribution in [2.45, 2.75) is 98.7 Å². The molecule has 31 heavy (non-hydrogen) atoms. The molecule has 0 aromatic heterocycles. The van der Waals surface area contributed by atoms with Gasteiger partial charge in [-0.3, -0.25) is 4.79 Å². The zero-order valence-corrected chi connectivity index (χ0v) is 20.6. The van der Waals surface area contributed by atoms with Gasteiger partial charge in [0.1, 0.15) is 6.10 Å². The lowest BCUT2D eigenvalue weighted by Crippen LogP contribution is -2.52. The van der Waals surface area contributed by atoms with E-state index in [1.54, 1.807) is 0 Å². The lowest BCUT2D eigenvalue weighted by molar-refractivity contribution is -0.149. The molecule has 0 radical (unpaired) electrons. The molecule has 2 fully saturated rings. The monoisotopic (exact) mass is 428 g/mol. The van der Waals surface area contributed by atoms with Gasteiger partial charge in [-0.15, -0.1) is 0 Å². The van der Waals surface area contributed by atoms with E-state index in [1.165, 1.54) is 31.3 Å².